The van der Waals surface area contributed by atoms with Crippen molar-refractivity contribution in [3.8, 4) is 0 Å². The highest BCUT2D eigenvalue weighted by molar-refractivity contribution is 5.68. The van der Waals surface area contributed by atoms with Gasteiger partial charge in [0.15, 0.2) is 0 Å². The molecule has 0 fully saturated rings. The monoisotopic (exact) mass is 249 g/mol. The highest BCUT2D eigenvalue weighted by Gasteiger charge is 2.40. The zero-order chi connectivity index (χ0) is 13.6. The molecule has 0 radical (unpaired) electrons. The van der Waals surface area contributed by atoms with Crippen LogP contribution < -0.4 is 0 Å². The third-order valence-electron chi connectivity index (χ3n) is 3.48. The SMILES string of the molecule is CC1(C)C=C(c2ccc(F)cc2)CC(C)(C)N1O. The highest BCUT2D eigenvalue weighted by atomic mass is 19.1. The number of nitrogens with zero attached hydrogens (tertiary/aromatic N) is 1. The molecule has 1 aromatic carbocycles. The van der Waals surface area contributed by atoms with Crippen LogP contribution in [0, 0.1) is 5.82 Å². The zero-order valence-corrected chi connectivity index (χ0v) is 11.4. The van der Waals surface area contributed by atoms with Gasteiger partial charge in [0.2, 0.25) is 0 Å². The van der Waals surface area contributed by atoms with Gasteiger partial charge in [0.05, 0.1) is 5.54 Å². The molecule has 0 spiro atoms. The summed E-state index contributed by atoms with van der Waals surface area (Å²) in [7, 11) is 0. The Balaban J connectivity index is 2.43. The van der Waals surface area contributed by atoms with Crippen LogP contribution in [-0.4, -0.2) is 21.3 Å². The fourth-order valence-corrected chi connectivity index (χ4v) is 2.71. The first-order chi connectivity index (χ1) is 8.22. The summed E-state index contributed by atoms with van der Waals surface area (Å²) in [4.78, 5) is 0. The predicted octanol–water partition coefficient (Wildman–Crippen LogP) is 3.86. The molecule has 0 saturated heterocycles. The van der Waals surface area contributed by atoms with E-state index >= 15 is 0 Å². The van der Waals surface area contributed by atoms with E-state index in [9.17, 15) is 9.60 Å². The van der Waals surface area contributed by atoms with Crippen LogP contribution in [0.2, 0.25) is 0 Å². The topological polar surface area (TPSA) is 23.5 Å². The van der Waals surface area contributed by atoms with Crippen LogP contribution in [0.3, 0.4) is 0 Å². The van der Waals surface area contributed by atoms with Crippen LogP contribution in [0.15, 0.2) is 30.3 Å². The minimum atomic E-state index is -0.425. The first-order valence-electron chi connectivity index (χ1n) is 6.19. The number of rotatable bonds is 1. The Bertz CT molecular complexity index is 474. The first-order valence-corrected chi connectivity index (χ1v) is 6.19. The standard InChI is InChI=1S/C15H20FNO/c1-14(2)9-12(10-15(3,4)17(14)18)11-5-7-13(16)8-6-11/h5-9,18H,10H2,1-4H3. The molecule has 18 heavy (non-hydrogen) atoms. The van der Waals surface area contributed by atoms with E-state index in [2.05, 4.69) is 0 Å². The fourth-order valence-electron chi connectivity index (χ4n) is 2.71. The Morgan fingerprint density at radius 2 is 1.67 bits per heavy atom. The van der Waals surface area contributed by atoms with Crippen molar-refractivity contribution in [3.05, 3.63) is 41.7 Å². The quantitative estimate of drug-likeness (QED) is 0.817. The van der Waals surface area contributed by atoms with Gasteiger partial charge in [-0.2, -0.15) is 5.06 Å². The molecule has 1 aromatic rings. The Hall–Kier alpha value is -1.19. The van der Waals surface area contributed by atoms with Crippen LogP contribution in [0.1, 0.15) is 39.7 Å². The summed E-state index contributed by atoms with van der Waals surface area (Å²) >= 11 is 0. The first kappa shape index (κ1) is 13.2. The maximum absolute atomic E-state index is 13.0. The summed E-state index contributed by atoms with van der Waals surface area (Å²) < 4.78 is 13.0. The normalized spacial score (nSPS) is 22.7. The average molecular weight is 249 g/mol. The maximum Gasteiger partial charge on any atom is 0.123 e. The molecule has 0 amide bonds. The number of hydroxylamine groups is 2. The molecule has 0 aromatic heterocycles. The molecule has 1 heterocycles. The van der Waals surface area contributed by atoms with Crippen molar-refractivity contribution < 1.29 is 9.60 Å². The lowest BCUT2D eigenvalue weighted by Crippen LogP contribution is -2.55. The number of hydrogen-bond acceptors (Lipinski definition) is 2. The molecule has 2 rings (SSSR count). The predicted molar refractivity (Wildman–Crippen MR) is 70.8 cm³/mol. The minimum absolute atomic E-state index is 0.225. The lowest BCUT2D eigenvalue weighted by Gasteiger charge is -2.47. The van der Waals surface area contributed by atoms with Crippen molar-refractivity contribution in [2.45, 2.75) is 45.2 Å². The van der Waals surface area contributed by atoms with Gasteiger partial charge >= 0.3 is 0 Å². The lowest BCUT2D eigenvalue weighted by molar-refractivity contribution is -0.211. The summed E-state index contributed by atoms with van der Waals surface area (Å²) in [5.41, 5.74) is 1.41. The molecule has 2 nitrogen and oxygen atoms in total. The van der Waals surface area contributed by atoms with Gasteiger partial charge in [-0.05, 0) is 57.4 Å². The summed E-state index contributed by atoms with van der Waals surface area (Å²) in [6.07, 6.45) is 2.78. The van der Waals surface area contributed by atoms with Crippen molar-refractivity contribution >= 4 is 5.57 Å². The second kappa shape index (κ2) is 4.18. The molecule has 1 N–H and O–H groups in total. The van der Waals surface area contributed by atoms with Crippen molar-refractivity contribution in [2.75, 3.05) is 0 Å². The van der Waals surface area contributed by atoms with E-state index < -0.39 is 5.54 Å². The van der Waals surface area contributed by atoms with Gasteiger partial charge in [-0.1, -0.05) is 18.2 Å². The van der Waals surface area contributed by atoms with Crippen LogP contribution in [0.4, 0.5) is 4.39 Å². The van der Waals surface area contributed by atoms with Gasteiger partial charge in [0.25, 0.3) is 0 Å². The minimum Gasteiger partial charge on any atom is -0.313 e. The van der Waals surface area contributed by atoms with E-state index in [-0.39, 0.29) is 11.4 Å². The van der Waals surface area contributed by atoms with Gasteiger partial charge in [-0.15, -0.1) is 0 Å². The zero-order valence-electron chi connectivity index (χ0n) is 11.4. The van der Waals surface area contributed by atoms with Crippen molar-refractivity contribution in [1.29, 1.82) is 0 Å². The van der Waals surface area contributed by atoms with Crippen molar-refractivity contribution in [3.63, 3.8) is 0 Å². The van der Waals surface area contributed by atoms with Crippen LogP contribution in [0.5, 0.6) is 0 Å². The van der Waals surface area contributed by atoms with Gasteiger partial charge in [0.1, 0.15) is 5.82 Å². The van der Waals surface area contributed by atoms with E-state index in [1.165, 1.54) is 17.2 Å². The Kier molecular flexibility index (Phi) is 3.07. The fraction of sp³-hybridized carbons (Fsp3) is 0.467. The number of hydrogen-bond donors (Lipinski definition) is 1. The summed E-state index contributed by atoms with van der Waals surface area (Å²) in [5, 5.41) is 11.6. The molecular formula is C15H20FNO. The number of benzene rings is 1. The van der Waals surface area contributed by atoms with Crippen LogP contribution in [-0.2, 0) is 0 Å². The van der Waals surface area contributed by atoms with E-state index in [1.54, 1.807) is 12.1 Å². The second-order valence-electron chi connectivity index (χ2n) is 6.13. The Morgan fingerprint density at radius 1 is 1.11 bits per heavy atom. The highest BCUT2D eigenvalue weighted by Crippen LogP contribution is 2.39. The maximum atomic E-state index is 13.0. The van der Waals surface area contributed by atoms with E-state index in [0.29, 0.717) is 0 Å². The largest absolute Gasteiger partial charge is 0.313 e. The molecule has 0 bridgehead atoms. The second-order valence-corrected chi connectivity index (χ2v) is 6.13. The molecule has 1 aliphatic heterocycles. The van der Waals surface area contributed by atoms with Crippen LogP contribution in [0.25, 0.3) is 5.57 Å². The van der Waals surface area contributed by atoms with E-state index in [1.807, 2.05) is 33.8 Å². The molecule has 0 atom stereocenters. The third-order valence-corrected chi connectivity index (χ3v) is 3.48. The summed E-state index contributed by atoms with van der Waals surface area (Å²) in [6.45, 7) is 7.95. The van der Waals surface area contributed by atoms with Gasteiger partial charge < -0.3 is 5.21 Å². The third kappa shape index (κ3) is 2.33. The molecule has 0 saturated carbocycles. The van der Waals surface area contributed by atoms with Gasteiger partial charge in [-0.3, -0.25) is 0 Å². The van der Waals surface area contributed by atoms with Gasteiger partial charge in [-0.25, -0.2) is 4.39 Å². The van der Waals surface area contributed by atoms with E-state index in [0.717, 1.165) is 17.6 Å². The molecule has 98 valence electrons. The Morgan fingerprint density at radius 3 is 2.17 bits per heavy atom. The van der Waals surface area contributed by atoms with Crippen LogP contribution >= 0.6 is 0 Å². The molecule has 0 aliphatic carbocycles. The molecule has 0 unspecified atom stereocenters. The average Bonchev–Trinajstić information content (AvgIpc) is 2.26. The molecule has 1 aliphatic rings. The smallest absolute Gasteiger partial charge is 0.123 e. The number of halogens is 1. The summed E-state index contributed by atoms with van der Waals surface area (Å²) in [6, 6.07) is 6.53. The lowest BCUT2D eigenvalue weighted by atomic mass is 9.80. The van der Waals surface area contributed by atoms with E-state index in [4.69, 9.17) is 0 Å². The van der Waals surface area contributed by atoms with Gasteiger partial charge in [0, 0.05) is 5.54 Å². The summed E-state index contributed by atoms with van der Waals surface area (Å²) in [5.74, 6) is -0.225. The van der Waals surface area contributed by atoms with Crippen molar-refractivity contribution in [1.82, 2.24) is 5.06 Å². The molecular weight excluding hydrogens is 229 g/mol. The molecule has 3 heteroatoms. The van der Waals surface area contributed by atoms with Crippen molar-refractivity contribution in [2.24, 2.45) is 0 Å². The Labute approximate surface area is 108 Å².